The summed E-state index contributed by atoms with van der Waals surface area (Å²) in [7, 11) is 0. The number of rotatable bonds is 3. The zero-order valence-corrected chi connectivity index (χ0v) is 18.9. The predicted octanol–water partition coefficient (Wildman–Crippen LogP) is 2.35. The summed E-state index contributed by atoms with van der Waals surface area (Å²) < 4.78 is 5.42. The van der Waals surface area contributed by atoms with E-state index >= 15 is 0 Å². The number of guanidine groups is 1. The molecule has 0 bridgehead atoms. The highest BCUT2D eigenvalue weighted by Crippen LogP contribution is 2.12. The molecule has 152 valence electrons. The second kappa shape index (κ2) is 11.2. The van der Waals surface area contributed by atoms with E-state index in [0.29, 0.717) is 32.1 Å². The van der Waals surface area contributed by atoms with Crippen LogP contribution in [0.4, 0.5) is 4.79 Å². The lowest BCUT2D eigenvalue weighted by Crippen LogP contribution is -2.53. The van der Waals surface area contributed by atoms with Crippen LogP contribution in [0.15, 0.2) is 4.99 Å². The molecule has 2 aliphatic rings. The molecule has 0 unspecified atom stereocenters. The van der Waals surface area contributed by atoms with Crippen LogP contribution in [0, 0.1) is 0 Å². The number of nitrogens with two attached hydrogens (primary N) is 1. The van der Waals surface area contributed by atoms with Crippen molar-refractivity contribution in [1.82, 2.24) is 14.7 Å². The fourth-order valence-electron chi connectivity index (χ4n) is 3.21. The Kier molecular flexibility index (Phi) is 9.99. The SMILES string of the molecule is CC(C)(C)OC(=O)N1CCN(C(N)=NCCN2CCCCCC2)CC1.I. The summed E-state index contributed by atoms with van der Waals surface area (Å²) in [6.45, 7) is 12.4. The second-order valence-electron chi connectivity index (χ2n) is 7.95. The van der Waals surface area contributed by atoms with Crippen LogP contribution in [0.1, 0.15) is 46.5 Å². The molecule has 0 aliphatic carbocycles. The number of piperazine rings is 1. The monoisotopic (exact) mass is 481 g/mol. The van der Waals surface area contributed by atoms with Gasteiger partial charge in [-0.3, -0.25) is 4.99 Å². The highest BCUT2D eigenvalue weighted by atomic mass is 127. The number of hydrogen-bond donors (Lipinski definition) is 1. The van der Waals surface area contributed by atoms with E-state index in [1.54, 1.807) is 4.90 Å². The summed E-state index contributed by atoms with van der Waals surface area (Å²) >= 11 is 0. The lowest BCUT2D eigenvalue weighted by molar-refractivity contribution is 0.0186. The number of ether oxygens (including phenoxy) is 1. The third-order valence-corrected chi connectivity index (χ3v) is 4.64. The first-order valence-electron chi connectivity index (χ1n) is 9.60. The van der Waals surface area contributed by atoms with Crippen molar-refractivity contribution >= 4 is 36.0 Å². The molecule has 2 N–H and O–H groups in total. The van der Waals surface area contributed by atoms with Crippen molar-refractivity contribution < 1.29 is 9.53 Å². The molecule has 0 spiro atoms. The van der Waals surface area contributed by atoms with Crippen LogP contribution in [0.5, 0.6) is 0 Å². The molecule has 2 aliphatic heterocycles. The van der Waals surface area contributed by atoms with Crippen molar-refractivity contribution in [3.8, 4) is 0 Å². The molecule has 2 fully saturated rings. The van der Waals surface area contributed by atoms with E-state index < -0.39 is 5.60 Å². The molecule has 0 aromatic carbocycles. The number of aliphatic imine (C=N–C) groups is 1. The maximum atomic E-state index is 12.1. The van der Waals surface area contributed by atoms with Crippen molar-refractivity contribution in [3.63, 3.8) is 0 Å². The normalized spacial score (nSPS) is 20.3. The van der Waals surface area contributed by atoms with Gasteiger partial charge in [-0.15, -0.1) is 24.0 Å². The molecular weight excluding hydrogens is 445 g/mol. The largest absolute Gasteiger partial charge is 0.444 e. The van der Waals surface area contributed by atoms with Crippen LogP contribution in [-0.4, -0.2) is 84.7 Å². The van der Waals surface area contributed by atoms with E-state index in [1.165, 1.54) is 38.8 Å². The molecule has 0 saturated carbocycles. The number of halogens is 1. The maximum absolute atomic E-state index is 12.1. The first-order chi connectivity index (χ1) is 11.8. The first-order valence-corrected chi connectivity index (χ1v) is 9.60. The molecule has 0 aromatic heterocycles. The van der Waals surface area contributed by atoms with Crippen LogP contribution in [0.2, 0.25) is 0 Å². The Morgan fingerprint density at radius 1 is 0.962 bits per heavy atom. The summed E-state index contributed by atoms with van der Waals surface area (Å²) in [4.78, 5) is 22.9. The Bertz CT molecular complexity index is 451. The molecule has 8 heteroatoms. The lowest BCUT2D eigenvalue weighted by Gasteiger charge is -2.36. The third kappa shape index (κ3) is 8.28. The molecule has 2 saturated heterocycles. The minimum Gasteiger partial charge on any atom is -0.444 e. The van der Waals surface area contributed by atoms with Gasteiger partial charge < -0.3 is 25.2 Å². The molecule has 2 rings (SSSR count). The smallest absolute Gasteiger partial charge is 0.410 e. The molecule has 7 nitrogen and oxygen atoms in total. The Labute approximate surface area is 175 Å². The van der Waals surface area contributed by atoms with Gasteiger partial charge in [0.25, 0.3) is 0 Å². The van der Waals surface area contributed by atoms with Crippen molar-refractivity contribution in [2.75, 3.05) is 52.4 Å². The van der Waals surface area contributed by atoms with Crippen LogP contribution in [0.3, 0.4) is 0 Å². The summed E-state index contributed by atoms with van der Waals surface area (Å²) in [6, 6.07) is 0. The quantitative estimate of drug-likeness (QED) is 0.381. The van der Waals surface area contributed by atoms with Gasteiger partial charge in [-0.25, -0.2) is 4.79 Å². The minimum atomic E-state index is -0.456. The highest BCUT2D eigenvalue weighted by molar-refractivity contribution is 14.0. The summed E-state index contributed by atoms with van der Waals surface area (Å²) in [6.07, 6.45) is 5.05. The van der Waals surface area contributed by atoms with Crippen molar-refractivity contribution in [2.45, 2.75) is 52.1 Å². The molecular formula is C18H36IN5O2. The van der Waals surface area contributed by atoms with Crippen LogP contribution in [0.25, 0.3) is 0 Å². The molecule has 0 atom stereocenters. The number of hydrogen-bond acceptors (Lipinski definition) is 4. The van der Waals surface area contributed by atoms with Gasteiger partial charge in [0.15, 0.2) is 5.96 Å². The molecule has 0 radical (unpaired) electrons. The average Bonchev–Trinajstić information content (AvgIpc) is 2.82. The van der Waals surface area contributed by atoms with Gasteiger partial charge >= 0.3 is 6.09 Å². The fraction of sp³-hybridized carbons (Fsp3) is 0.889. The van der Waals surface area contributed by atoms with Gasteiger partial charge in [0, 0.05) is 32.7 Å². The fourth-order valence-corrected chi connectivity index (χ4v) is 3.21. The number of amides is 1. The third-order valence-electron chi connectivity index (χ3n) is 4.64. The second-order valence-corrected chi connectivity index (χ2v) is 7.95. The van der Waals surface area contributed by atoms with Gasteiger partial charge in [-0.1, -0.05) is 12.8 Å². The Hall–Kier alpha value is -0.770. The van der Waals surface area contributed by atoms with Gasteiger partial charge in [0.1, 0.15) is 5.60 Å². The van der Waals surface area contributed by atoms with E-state index in [-0.39, 0.29) is 30.1 Å². The van der Waals surface area contributed by atoms with E-state index in [9.17, 15) is 4.79 Å². The molecule has 26 heavy (non-hydrogen) atoms. The van der Waals surface area contributed by atoms with E-state index in [2.05, 4.69) is 14.8 Å². The zero-order chi connectivity index (χ0) is 18.3. The van der Waals surface area contributed by atoms with E-state index in [0.717, 1.165) is 13.1 Å². The minimum absolute atomic E-state index is 0. The predicted molar refractivity (Wildman–Crippen MR) is 116 cm³/mol. The van der Waals surface area contributed by atoms with E-state index in [4.69, 9.17) is 10.5 Å². The van der Waals surface area contributed by atoms with Crippen LogP contribution >= 0.6 is 24.0 Å². The first kappa shape index (κ1) is 23.3. The summed E-state index contributed by atoms with van der Waals surface area (Å²) in [5, 5.41) is 0. The molecule has 1 amide bonds. The number of carbonyl (C=O) groups is 1. The topological polar surface area (TPSA) is 74.4 Å². The highest BCUT2D eigenvalue weighted by Gasteiger charge is 2.26. The molecule has 0 aromatic rings. The van der Waals surface area contributed by atoms with Gasteiger partial charge in [0.05, 0.1) is 6.54 Å². The Morgan fingerprint density at radius 3 is 2.04 bits per heavy atom. The number of likely N-dealkylation sites (tertiary alicyclic amines) is 1. The maximum Gasteiger partial charge on any atom is 0.410 e. The van der Waals surface area contributed by atoms with Crippen molar-refractivity contribution in [3.05, 3.63) is 0 Å². The lowest BCUT2D eigenvalue weighted by atomic mass is 10.2. The van der Waals surface area contributed by atoms with Gasteiger partial charge in [-0.05, 0) is 46.7 Å². The average molecular weight is 481 g/mol. The van der Waals surface area contributed by atoms with E-state index in [1.807, 2.05) is 20.8 Å². The summed E-state index contributed by atoms with van der Waals surface area (Å²) in [5.74, 6) is 0.596. The van der Waals surface area contributed by atoms with Gasteiger partial charge in [-0.2, -0.15) is 0 Å². The standard InChI is InChI=1S/C18H35N5O2.HI/c1-18(2,3)25-17(24)23-14-12-22(13-15-23)16(19)20-8-11-21-9-6-4-5-7-10-21;/h4-15H2,1-3H3,(H2,19,20);1H. The van der Waals surface area contributed by atoms with Crippen molar-refractivity contribution in [1.29, 1.82) is 0 Å². The van der Waals surface area contributed by atoms with Gasteiger partial charge in [0.2, 0.25) is 0 Å². The number of nitrogens with zero attached hydrogens (tertiary/aromatic N) is 4. The molecule has 2 heterocycles. The van der Waals surface area contributed by atoms with Crippen LogP contribution in [-0.2, 0) is 4.74 Å². The Balaban J connectivity index is 0.00000338. The van der Waals surface area contributed by atoms with Crippen molar-refractivity contribution in [2.24, 2.45) is 10.7 Å². The zero-order valence-electron chi connectivity index (χ0n) is 16.6. The summed E-state index contributed by atoms with van der Waals surface area (Å²) in [5.41, 5.74) is 5.68. The Morgan fingerprint density at radius 2 is 1.50 bits per heavy atom. The van der Waals surface area contributed by atoms with Crippen LogP contribution < -0.4 is 5.73 Å². The number of carbonyl (C=O) groups excluding carboxylic acids is 1.